The van der Waals surface area contributed by atoms with Gasteiger partial charge in [-0.05, 0) is 13.0 Å². The molecule has 0 spiro atoms. The average Bonchev–Trinajstić information content (AvgIpc) is 1.99. The zero-order chi connectivity index (χ0) is 11.6. The third kappa shape index (κ3) is 3.12. The van der Waals surface area contributed by atoms with Crippen molar-refractivity contribution in [3.8, 4) is 5.88 Å². The van der Waals surface area contributed by atoms with E-state index in [9.17, 15) is 18.0 Å². The second kappa shape index (κ2) is 3.76. The van der Waals surface area contributed by atoms with Crippen molar-refractivity contribution in [3.63, 3.8) is 0 Å². The number of hydrogen-bond donors (Lipinski definition) is 1. The van der Waals surface area contributed by atoms with Gasteiger partial charge in [-0.2, -0.15) is 0 Å². The Morgan fingerprint density at radius 3 is 2.47 bits per heavy atom. The molecule has 0 aliphatic rings. The topological polar surface area (TPSA) is 65.2 Å². The molecule has 0 saturated heterocycles. The molecule has 4 nitrogen and oxygen atoms in total. The van der Waals surface area contributed by atoms with Crippen LogP contribution in [0.15, 0.2) is 12.1 Å². The summed E-state index contributed by atoms with van der Waals surface area (Å²) in [6.07, 6.45) is -4.80. The summed E-state index contributed by atoms with van der Waals surface area (Å²) >= 11 is 0. The summed E-state index contributed by atoms with van der Waals surface area (Å²) in [7, 11) is 0. The number of nitrogens with zero attached hydrogens (tertiary/aromatic N) is 1. The van der Waals surface area contributed by atoms with Crippen molar-refractivity contribution in [1.29, 1.82) is 0 Å². The molecule has 0 radical (unpaired) electrons. The van der Waals surface area contributed by atoms with E-state index < -0.39 is 18.1 Å². The second-order valence-corrected chi connectivity index (χ2v) is 2.69. The summed E-state index contributed by atoms with van der Waals surface area (Å²) in [5, 5.41) is 0. The van der Waals surface area contributed by atoms with Gasteiger partial charge in [0, 0.05) is 6.07 Å². The fourth-order valence-corrected chi connectivity index (χ4v) is 0.974. The number of hydrogen-bond acceptors (Lipinski definition) is 3. The van der Waals surface area contributed by atoms with Crippen molar-refractivity contribution >= 4 is 5.91 Å². The fraction of sp³-hybridized carbons (Fsp3) is 0.250. The molecule has 1 heterocycles. The van der Waals surface area contributed by atoms with Gasteiger partial charge < -0.3 is 10.5 Å². The van der Waals surface area contributed by atoms with Gasteiger partial charge in [0.1, 0.15) is 0 Å². The summed E-state index contributed by atoms with van der Waals surface area (Å²) in [6, 6.07) is 2.06. The second-order valence-electron chi connectivity index (χ2n) is 2.69. The first kappa shape index (κ1) is 11.3. The van der Waals surface area contributed by atoms with Gasteiger partial charge in [0.15, 0.2) is 0 Å². The standard InChI is InChI=1S/C8H7F3N2O2/c1-4-5(7(12)14)2-3-6(13-4)15-8(9,10)11/h2-3H,1H3,(H2,12,14). The van der Waals surface area contributed by atoms with Gasteiger partial charge in [-0.25, -0.2) is 4.98 Å². The van der Waals surface area contributed by atoms with Crippen molar-refractivity contribution in [3.05, 3.63) is 23.4 Å². The number of pyridine rings is 1. The highest BCUT2D eigenvalue weighted by atomic mass is 19.4. The van der Waals surface area contributed by atoms with Gasteiger partial charge in [-0.3, -0.25) is 4.79 Å². The van der Waals surface area contributed by atoms with Gasteiger partial charge in [0.2, 0.25) is 5.88 Å². The molecule has 0 saturated carbocycles. The van der Waals surface area contributed by atoms with Gasteiger partial charge >= 0.3 is 6.36 Å². The zero-order valence-electron chi connectivity index (χ0n) is 7.63. The molecule has 1 rings (SSSR count). The molecule has 0 fully saturated rings. The summed E-state index contributed by atoms with van der Waals surface area (Å²) < 4.78 is 38.9. The van der Waals surface area contributed by atoms with Crippen molar-refractivity contribution in [2.45, 2.75) is 13.3 Å². The highest BCUT2D eigenvalue weighted by molar-refractivity contribution is 5.93. The fourth-order valence-electron chi connectivity index (χ4n) is 0.974. The molecule has 1 aromatic rings. The number of aromatic nitrogens is 1. The lowest BCUT2D eigenvalue weighted by molar-refractivity contribution is -0.276. The molecule has 7 heteroatoms. The van der Waals surface area contributed by atoms with Crippen LogP contribution in [-0.2, 0) is 0 Å². The van der Waals surface area contributed by atoms with Crippen LogP contribution in [0.2, 0.25) is 0 Å². The Hall–Kier alpha value is -1.79. The lowest BCUT2D eigenvalue weighted by atomic mass is 10.2. The minimum absolute atomic E-state index is 0.0597. The third-order valence-corrected chi connectivity index (χ3v) is 1.55. The Morgan fingerprint density at radius 2 is 2.07 bits per heavy atom. The Balaban J connectivity index is 2.97. The molecule has 1 aromatic heterocycles. The maximum absolute atomic E-state index is 11.8. The molecule has 82 valence electrons. The Bertz CT molecular complexity index is 390. The van der Waals surface area contributed by atoms with E-state index in [2.05, 4.69) is 9.72 Å². The van der Waals surface area contributed by atoms with Crippen LogP contribution >= 0.6 is 0 Å². The van der Waals surface area contributed by atoms with Crippen LogP contribution in [0.1, 0.15) is 16.1 Å². The molecule has 15 heavy (non-hydrogen) atoms. The number of halogens is 3. The first-order chi connectivity index (χ1) is 6.79. The van der Waals surface area contributed by atoms with Crippen molar-refractivity contribution < 1.29 is 22.7 Å². The predicted octanol–water partition coefficient (Wildman–Crippen LogP) is 1.39. The molecule has 0 atom stereocenters. The summed E-state index contributed by atoms with van der Waals surface area (Å²) in [4.78, 5) is 14.2. The van der Waals surface area contributed by atoms with Crippen LogP contribution in [0.3, 0.4) is 0 Å². The monoisotopic (exact) mass is 220 g/mol. The maximum Gasteiger partial charge on any atom is 0.574 e. The van der Waals surface area contributed by atoms with E-state index in [1.807, 2.05) is 0 Å². The molecule has 0 aromatic carbocycles. The number of rotatable bonds is 2. The van der Waals surface area contributed by atoms with Crippen LogP contribution in [-0.4, -0.2) is 17.3 Å². The molecule has 0 aliphatic heterocycles. The van der Waals surface area contributed by atoms with Crippen LogP contribution in [0, 0.1) is 6.92 Å². The zero-order valence-corrected chi connectivity index (χ0v) is 7.63. The van der Waals surface area contributed by atoms with E-state index >= 15 is 0 Å². The van der Waals surface area contributed by atoms with Crippen molar-refractivity contribution in [2.75, 3.05) is 0 Å². The number of amides is 1. The van der Waals surface area contributed by atoms with Crippen LogP contribution in [0.4, 0.5) is 13.2 Å². The van der Waals surface area contributed by atoms with Gasteiger partial charge in [0.25, 0.3) is 5.91 Å². The number of aryl methyl sites for hydroxylation is 1. The quantitative estimate of drug-likeness (QED) is 0.818. The number of ether oxygens (including phenoxy) is 1. The molecular formula is C8H7F3N2O2. The summed E-state index contributed by atoms with van der Waals surface area (Å²) in [5.41, 5.74) is 5.10. The van der Waals surface area contributed by atoms with Gasteiger partial charge in [-0.1, -0.05) is 0 Å². The number of primary amides is 1. The van der Waals surface area contributed by atoms with Crippen LogP contribution in [0.25, 0.3) is 0 Å². The SMILES string of the molecule is Cc1nc(OC(F)(F)F)ccc1C(N)=O. The lowest BCUT2D eigenvalue weighted by Crippen LogP contribution is -2.19. The first-order valence-electron chi connectivity index (χ1n) is 3.83. The number of carbonyl (C=O) groups excluding carboxylic acids is 1. The summed E-state index contributed by atoms with van der Waals surface area (Å²) in [6.45, 7) is 1.36. The molecule has 2 N–H and O–H groups in total. The molecule has 0 unspecified atom stereocenters. The molecule has 0 aliphatic carbocycles. The predicted molar refractivity (Wildman–Crippen MR) is 44.2 cm³/mol. The highest BCUT2D eigenvalue weighted by Gasteiger charge is 2.31. The average molecular weight is 220 g/mol. The number of carbonyl (C=O) groups is 1. The Morgan fingerprint density at radius 1 is 1.47 bits per heavy atom. The number of nitrogens with two attached hydrogens (primary N) is 1. The largest absolute Gasteiger partial charge is 0.574 e. The van der Waals surface area contributed by atoms with E-state index in [-0.39, 0.29) is 11.3 Å². The van der Waals surface area contributed by atoms with Crippen molar-refractivity contribution in [1.82, 2.24) is 4.98 Å². The molecule has 0 bridgehead atoms. The van der Waals surface area contributed by atoms with E-state index in [1.54, 1.807) is 0 Å². The van der Waals surface area contributed by atoms with Crippen molar-refractivity contribution in [2.24, 2.45) is 5.73 Å². The maximum atomic E-state index is 11.8. The van der Waals surface area contributed by atoms with E-state index in [1.165, 1.54) is 6.92 Å². The van der Waals surface area contributed by atoms with Crippen LogP contribution < -0.4 is 10.5 Å². The third-order valence-electron chi connectivity index (χ3n) is 1.55. The van der Waals surface area contributed by atoms with Gasteiger partial charge in [0.05, 0.1) is 11.3 Å². The highest BCUT2D eigenvalue weighted by Crippen LogP contribution is 2.21. The van der Waals surface area contributed by atoms with E-state index in [4.69, 9.17) is 5.73 Å². The van der Waals surface area contributed by atoms with E-state index in [0.717, 1.165) is 12.1 Å². The first-order valence-corrected chi connectivity index (χ1v) is 3.83. The molecule has 1 amide bonds. The smallest absolute Gasteiger partial charge is 0.388 e. The summed E-state index contributed by atoms with van der Waals surface area (Å²) in [5.74, 6) is -1.37. The van der Waals surface area contributed by atoms with Crippen LogP contribution in [0.5, 0.6) is 5.88 Å². The molecular weight excluding hydrogens is 213 g/mol. The lowest BCUT2D eigenvalue weighted by Gasteiger charge is -2.09. The normalized spacial score (nSPS) is 11.2. The minimum atomic E-state index is -4.80. The van der Waals surface area contributed by atoms with Gasteiger partial charge in [-0.15, -0.1) is 13.2 Å². The number of alkyl halides is 3. The Labute approximate surface area is 82.9 Å². The Kier molecular flexibility index (Phi) is 2.83. The van der Waals surface area contributed by atoms with E-state index in [0.29, 0.717) is 0 Å². The minimum Gasteiger partial charge on any atom is -0.388 e.